The summed E-state index contributed by atoms with van der Waals surface area (Å²) in [4.78, 5) is 12.4. The van der Waals surface area contributed by atoms with Gasteiger partial charge in [-0.05, 0) is 26.0 Å². The Bertz CT molecular complexity index is 831. The van der Waals surface area contributed by atoms with Crippen LogP contribution in [-0.2, 0) is 11.2 Å². The Morgan fingerprint density at radius 1 is 1.23 bits per heavy atom. The van der Waals surface area contributed by atoms with Gasteiger partial charge >= 0.3 is 0 Å². The van der Waals surface area contributed by atoms with E-state index in [1.807, 2.05) is 56.3 Å². The highest BCUT2D eigenvalue weighted by atomic mass is 16.5. The van der Waals surface area contributed by atoms with Crippen molar-refractivity contribution in [3.63, 3.8) is 0 Å². The van der Waals surface area contributed by atoms with Gasteiger partial charge in [-0.2, -0.15) is 0 Å². The first-order valence-electron chi connectivity index (χ1n) is 8.97. The van der Waals surface area contributed by atoms with E-state index in [0.717, 1.165) is 35.5 Å². The van der Waals surface area contributed by atoms with E-state index in [0.29, 0.717) is 12.4 Å². The van der Waals surface area contributed by atoms with Crippen LogP contribution in [-0.4, -0.2) is 24.7 Å². The molecule has 2 aliphatic rings. The summed E-state index contributed by atoms with van der Waals surface area (Å²) in [5, 5.41) is 3.04. The number of hydrogen-bond donors (Lipinski definition) is 1. The molecular weight excluding hydrogens is 330 g/mol. The van der Waals surface area contributed by atoms with E-state index in [1.165, 1.54) is 0 Å². The fraction of sp³-hybridized carbons (Fsp3) is 0.381. The summed E-state index contributed by atoms with van der Waals surface area (Å²) in [6.07, 6.45) is 1.59. The number of nitrogens with one attached hydrogen (secondary N) is 1. The molecule has 1 N–H and O–H groups in total. The predicted octanol–water partition coefficient (Wildman–Crippen LogP) is 3.42. The molecule has 2 aliphatic heterocycles. The van der Waals surface area contributed by atoms with Crippen molar-refractivity contribution >= 4 is 5.91 Å². The van der Waals surface area contributed by atoms with Crippen LogP contribution >= 0.6 is 0 Å². The van der Waals surface area contributed by atoms with Crippen molar-refractivity contribution in [2.75, 3.05) is 13.2 Å². The number of amides is 1. The average Bonchev–Trinajstić information content (AvgIpc) is 2.94. The third kappa shape index (κ3) is 3.34. The monoisotopic (exact) mass is 353 g/mol. The van der Waals surface area contributed by atoms with Crippen molar-refractivity contribution in [1.82, 2.24) is 5.32 Å². The quantitative estimate of drug-likeness (QED) is 0.915. The first kappa shape index (κ1) is 16.8. The Labute approximate surface area is 153 Å². The molecule has 0 saturated carbocycles. The van der Waals surface area contributed by atoms with Gasteiger partial charge in [0.1, 0.15) is 11.4 Å². The fourth-order valence-corrected chi connectivity index (χ4v) is 3.57. The van der Waals surface area contributed by atoms with Crippen LogP contribution in [0, 0.1) is 0 Å². The second kappa shape index (κ2) is 6.56. The van der Waals surface area contributed by atoms with Crippen molar-refractivity contribution in [2.45, 2.75) is 38.3 Å². The van der Waals surface area contributed by atoms with Gasteiger partial charge in [-0.25, -0.2) is 0 Å². The van der Waals surface area contributed by atoms with Gasteiger partial charge in [0, 0.05) is 24.0 Å². The maximum atomic E-state index is 12.4. The third-order valence-electron chi connectivity index (χ3n) is 4.71. The van der Waals surface area contributed by atoms with Crippen molar-refractivity contribution in [3.8, 4) is 17.2 Å². The molecule has 0 radical (unpaired) electrons. The number of para-hydroxylation sites is 2. The van der Waals surface area contributed by atoms with Crippen LogP contribution in [0.25, 0.3) is 0 Å². The number of hydrogen-bond acceptors (Lipinski definition) is 4. The Kier molecular flexibility index (Phi) is 4.23. The highest BCUT2D eigenvalue weighted by Gasteiger charge is 2.32. The number of carbonyl (C=O) groups excluding carboxylic acids is 1. The smallest absolute Gasteiger partial charge is 0.258 e. The maximum Gasteiger partial charge on any atom is 0.258 e. The molecule has 0 aromatic heterocycles. The molecule has 0 aliphatic carbocycles. The molecule has 0 bridgehead atoms. The third-order valence-corrected chi connectivity index (χ3v) is 4.71. The summed E-state index contributed by atoms with van der Waals surface area (Å²) in [7, 11) is 0. The van der Waals surface area contributed by atoms with Crippen LogP contribution in [0.2, 0.25) is 0 Å². The normalized spacial score (nSPS) is 19.5. The number of ether oxygens (including phenoxy) is 3. The molecule has 2 aromatic carbocycles. The molecule has 1 atom stereocenters. The Morgan fingerprint density at radius 2 is 2.08 bits per heavy atom. The second-order valence-corrected chi connectivity index (χ2v) is 7.37. The van der Waals surface area contributed by atoms with Crippen LogP contribution in [0.3, 0.4) is 0 Å². The van der Waals surface area contributed by atoms with Crippen LogP contribution < -0.4 is 19.5 Å². The lowest BCUT2D eigenvalue weighted by molar-refractivity contribution is -0.124. The van der Waals surface area contributed by atoms with Crippen molar-refractivity contribution in [2.24, 2.45) is 0 Å². The molecule has 26 heavy (non-hydrogen) atoms. The van der Waals surface area contributed by atoms with Crippen LogP contribution in [0.5, 0.6) is 17.2 Å². The van der Waals surface area contributed by atoms with Gasteiger partial charge in [0.05, 0.1) is 12.6 Å². The van der Waals surface area contributed by atoms with Crippen LogP contribution in [0.1, 0.15) is 37.4 Å². The van der Waals surface area contributed by atoms with Crippen molar-refractivity contribution < 1.29 is 19.0 Å². The molecule has 0 saturated heterocycles. The molecule has 2 heterocycles. The Hall–Kier alpha value is -2.69. The van der Waals surface area contributed by atoms with Gasteiger partial charge in [0.15, 0.2) is 18.1 Å². The molecule has 2 aromatic rings. The van der Waals surface area contributed by atoms with E-state index in [-0.39, 0.29) is 24.2 Å². The zero-order valence-corrected chi connectivity index (χ0v) is 15.1. The van der Waals surface area contributed by atoms with E-state index in [4.69, 9.17) is 14.2 Å². The standard InChI is InChI=1S/C21H23NO4/c1-21(2)12-14-6-5-9-18(20(14)26-21)25-13-19(23)22-16-10-11-24-17-8-4-3-7-15(16)17/h3-9,16H,10-13H2,1-2H3,(H,22,23). The van der Waals surface area contributed by atoms with Crippen LogP contribution in [0.15, 0.2) is 42.5 Å². The van der Waals surface area contributed by atoms with E-state index in [1.54, 1.807) is 0 Å². The maximum absolute atomic E-state index is 12.4. The lowest BCUT2D eigenvalue weighted by atomic mass is 10.0. The lowest BCUT2D eigenvalue weighted by Gasteiger charge is -2.26. The minimum atomic E-state index is -0.240. The summed E-state index contributed by atoms with van der Waals surface area (Å²) in [5.41, 5.74) is 1.89. The van der Waals surface area contributed by atoms with Gasteiger partial charge in [0.2, 0.25) is 0 Å². The van der Waals surface area contributed by atoms with E-state index < -0.39 is 0 Å². The van der Waals surface area contributed by atoms with Crippen LogP contribution in [0.4, 0.5) is 0 Å². The molecule has 0 spiro atoms. The highest BCUT2D eigenvalue weighted by molar-refractivity contribution is 5.78. The van der Waals surface area contributed by atoms with Gasteiger partial charge in [-0.1, -0.05) is 30.3 Å². The van der Waals surface area contributed by atoms with Gasteiger partial charge in [0.25, 0.3) is 5.91 Å². The first-order chi connectivity index (χ1) is 12.5. The first-order valence-corrected chi connectivity index (χ1v) is 8.97. The highest BCUT2D eigenvalue weighted by Crippen LogP contribution is 2.41. The lowest BCUT2D eigenvalue weighted by Crippen LogP contribution is -2.35. The van der Waals surface area contributed by atoms with Crippen molar-refractivity contribution in [1.29, 1.82) is 0 Å². The molecule has 0 fully saturated rings. The number of rotatable bonds is 4. The zero-order valence-electron chi connectivity index (χ0n) is 15.1. The number of benzene rings is 2. The molecule has 5 nitrogen and oxygen atoms in total. The molecule has 5 heteroatoms. The molecule has 1 amide bonds. The van der Waals surface area contributed by atoms with Gasteiger partial charge in [-0.3, -0.25) is 4.79 Å². The molecule has 1 unspecified atom stereocenters. The SMILES string of the molecule is CC1(C)Cc2cccc(OCC(=O)NC3CCOc4ccccc43)c2O1. The van der Waals surface area contributed by atoms with E-state index in [2.05, 4.69) is 5.32 Å². The van der Waals surface area contributed by atoms with E-state index in [9.17, 15) is 4.79 Å². The average molecular weight is 353 g/mol. The summed E-state index contributed by atoms with van der Waals surface area (Å²) < 4.78 is 17.4. The largest absolute Gasteiger partial charge is 0.493 e. The second-order valence-electron chi connectivity index (χ2n) is 7.37. The zero-order chi connectivity index (χ0) is 18.1. The van der Waals surface area contributed by atoms with Gasteiger partial charge in [-0.15, -0.1) is 0 Å². The summed E-state index contributed by atoms with van der Waals surface area (Å²) in [5.74, 6) is 2.06. The predicted molar refractivity (Wildman–Crippen MR) is 97.8 cm³/mol. The number of fused-ring (bicyclic) bond motifs is 2. The van der Waals surface area contributed by atoms with Crippen molar-refractivity contribution in [3.05, 3.63) is 53.6 Å². The minimum Gasteiger partial charge on any atom is -0.493 e. The van der Waals surface area contributed by atoms with Gasteiger partial charge < -0.3 is 19.5 Å². The molecule has 4 rings (SSSR count). The molecular formula is C21H23NO4. The topological polar surface area (TPSA) is 56.8 Å². The Morgan fingerprint density at radius 3 is 2.96 bits per heavy atom. The fourth-order valence-electron chi connectivity index (χ4n) is 3.57. The summed E-state index contributed by atoms with van der Waals surface area (Å²) in [6.45, 7) is 4.65. The Balaban J connectivity index is 1.40. The number of carbonyl (C=O) groups is 1. The van der Waals surface area contributed by atoms with E-state index >= 15 is 0 Å². The summed E-state index contributed by atoms with van der Waals surface area (Å²) in [6, 6.07) is 13.6. The summed E-state index contributed by atoms with van der Waals surface area (Å²) >= 11 is 0. The molecule has 136 valence electrons. The minimum absolute atomic E-state index is 0.0419.